The van der Waals surface area contributed by atoms with Crippen molar-refractivity contribution in [2.75, 3.05) is 0 Å². The molecule has 3 nitrogen and oxygen atoms in total. The van der Waals surface area contributed by atoms with Gasteiger partial charge in [0.05, 0.1) is 0 Å². The van der Waals surface area contributed by atoms with E-state index in [0.717, 1.165) is 23.1 Å². The van der Waals surface area contributed by atoms with Crippen LogP contribution in [0.3, 0.4) is 0 Å². The predicted molar refractivity (Wildman–Crippen MR) is 78.6 cm³/mol. The van der Waals surface area contributed by atoms with Crippen molar-refractivity contribution in [1.29, 1.82) is 0 Å². The molecule has 3 rings (SSSR count). The summed E-state index contributed by atoms with van der Waals surface area (Å²) in [5, 5.41) is 9.01. The second-order valence-electron chi connectivity index (χ2n) is 4.72. The average molecular weight is 274 g/mol. The molecule has 0 saturated heterocycles. The summed E-state index contributed by atoms with van der Waals surface area (Å²) in [6.45, 7) is 0. The van der Waals surface area contributed by atoms with Crippen LogP contribution in [0.15, 0.2) is 48.3 Å². The Kier molecular flexibility index (Phi) is 4.76. The Hall–Kier alpha value is -1.42. The van der Waals surface area contributed by atoms with Crippen LogP contribution >= 0.6 is 0 Å². The van der Waals surface area contributed by atoms with Crippen molar-refractivity contribution in [3.05, 3.63) is 70.6 Å². The SMILES string of the molecule is O=C(O)C1=Cc2ccc(Cc3cccnc3)cc2C1.[Na]. The van der Waals surface area contributed by atoms with Crippen LogP contribution in [-0.4, -0.2) is 45.6 Å². The van der Waals surface area contributed by atoms with E-state index in [2.05, 4.69) is 11.1 Å². The van der Waals surface area contributed by atoms with Crippen LogP contribution in [0.5, 0.6) is 0 Å². The van der Waals surface area contributed by atoms with E-state index in [1.54, 1.807) is 12.3 Å². The second-order valence-corrected chi connectivity index (χ2v) is 4.72. The summed E-state index contributed by atoms with van der Waals surface area (Å²) in [5.74, 6) is -0.829. The third-order valence-electron chi connectivity index (χ3n) is 3.32. The van der Waals surface area contributed by atoms with Gasteiger partial charge in [-0.2, -0.15) is 0 Å². The maximum atomic E-state index is 11.0. The molecule has 0 amide bonds. The van der Waals surface area contributed by atoms with E-state index in [4.69, 9.17) is 5.11 Å². The van der Waals surface area contributed by atoms with Crippen LogP contribution in [0, 0.1) is 0 Å². The van der Waals surface area contributed by atoms with Gasteiger partial charge in [-0.25, -0.2) is 4.79 Å². The number of fused-ring (bicyclic) bond motifs is 1. The smallest absolute Gasteiger partial charge is 0.331 e. The molecule has 1 radical (unpaired) electrons. The minimum atomic E-state index is -0.829. The van der Waals surface area contributed by atoms with Gasteiger partial charge in [-0.1, -0.05) is 24.3 Å². The van der Waals surface area contributed by atoms with Crippen LogP contribution in [0.25, 0.3) is 6.08 Å². The number of rotatable bonds is 3. The van der Waals surface area contributed by atoms with Gasteiger partial charge in [-0.3, -0.25) is 4.98 Å². The number of hydrogen-bond donors (Lipinski definition) is 1. The molecule has 2 aromatic rings. The Morgan fingerprint density at radius 3 is 2.80 bits per heavy atom. The average Bonchev–Trinajstić information content (AvgIpc) is 2.83. The van der Waals surface area contributed by atoms with Gasteiger partial charge >= 0.3 is 5.97 Å². The summed E-state index contributed by atoms with van der Waals surface area (Å²) < 4.78 is 0. The van der Waals surface area contributed by atoms with E-state index in [1.807, 2.05) is 30.5 Å². The predicted octanol–water partition coefficient (Wildman–Crippen LogP) is 2.32. The van der Waals surface area contributed by atoms with Crippen LogP contribution in [-0.2, 0) is 17.6 Å². The first kappa shape index (κ1) is 15.0. The minimum absolute atomic E-state index is 0. The number of carboxylic acid groups (broad SMARTS) is 1. The standard InChI is InChI=1S/C16H13NO2.Na/c18-16(19)15-8-13-4-3-11(7-14(13)9-15)6-12-2-1-5-17-10-12;/h1-5,7-8,10H,6,9H2,(H,18,19);. The summed E-state index contributed by atoms with van der Waals surface area (Å²) in [7, 11) is 0. The molecule has 0 spiro atoms. The molecule has 1 aromatic heterocycles. The van der Waals surface area contributed by atoms with Gasteiger partial charge in [0.2, 0.25) is 0 Å². The zero-order valence-electron chi connectivity index (χ0n) is 11.3. The molecule has 20 heavy (non-hydrogen) atoms. The normalized spacial score (nSPS) is 12.3. The van der Waals surface area contributed by atoms with Gasteiger partial charge in [-0.05, 0) is 40.8 Å². The first-order valence-electron chi connectivity index (χ1n) is 6.17. The Labute approximate surface area is 139 Å². The van der Waals surface area contributed by atoms with E-state index >= 15 is 0 Å². The molecule has 0 unspecified atom stereocenters. The summed E-state index contributed by atoms with van der Waals surface area (Å²) in [6, 6.07) is 10.1. The number of carboxylic acids is 1. The van der Waals surface area contributed by atoms with Crippen molar-refractivity contribution < 1.29 is 9.90 Å². The van der Waals surface area contributed by atoms with Crippen molar-refractivity contribution in [2.45, 2.75) is 12.8 Å². The van der Waals surface area contributed by atoms with Gasteiger partial charge in [-0.15, -0.1) is 0 Å². The Morgan fingerprint density at radius 1 is 1.25 bits per heavy atom. The maximum Gasteiger partial charge on any atom is 0.331 e. The Balaban J connectivity index is 0.00000147. The molecule has 0 aliphatic heterocycles. The fourth-order valence-electron chi connectivity index (χ4n) is 2.38. The summed E-state index contributed by atoms with van der Waals surface area (Å²) >= 11 is 0. The van der Waals surface area contributed by atoms with Gasteiger partial charge in [0.1, 0.15) is 0 Å². The molecule has 1 heterocycles. The molecule has 4 heteroatoms. The zero-order valence-corrected chi connectivity index (χ0v) is 13.3. The van der Waals surface area contributed by atoms with Crippen molar-refractivity contribution in [3.63, 3.8) is 0 Å². The number of pyridine rings is 1. The molecule has 1 aromatic carbocycles. The number of carbonyl (C=O) groups is 1. The number of aromatic nitrogens is 1. The molecule has 0 fully saturated rings. The minimum Gasteiger partial charge on any atom is -0.478 e. The van der Waals surface area contributed by atoms with Gasteiger partial charge in [0.25, 0.3) is 0 Å². The topological polar surface area (TPSA) is 50.2 Å². The van der Waals surface area contributed by atoms with Crippen LogP contribution in [0.4, 0.5) is 0 Å². The van der Waals surface area contributed by atoms with Crippen molar-refractivity contribution >= 4 is 41.6 Å². The van der Waals surface area contributed by atoms with Crippen molar-refractivity contribution in [3.8, 4) is 0 Å². The quantitative estimate of drug-likeness (QED) is 0.874. The first-order chi connectivity index (χ1) is 9.22. The van der Waals surface area contributed by atoms with E-state index in [1.165, 1.54) is 5.56 Å². The molecule has 0 atom stereocenters. The molecule has 95 valence electrons. The molecule has 0 saturated carbocycles. The van der Waals surface area contributed by atoms with E-state index in [0.29, 0.717) is 12.0 Å². The Bertz CT molecular complexity index is 665. The number of aliphatic carboxylic acids is 1. The van der Waals surface area contributed by atoms with E-state index in [-0.39, 0.29) is 29.6 Å². The molecule has 1 aliphatic carbocycles. The third kappa shape index (κ3) is 3.18. The second kappa shape index (κ2) is 6.35. The van der Waals surface area contributed by atoms with Crippen molar-refractivity contribution in [1.82, 2.24) is 4.98 Å². The monoisotopic (exact) mass is 274 g/mol. The van der Waals surface area contributed by atoms with Gasteiger partial charge in [0.15, 0.2) is 0 Å². The summed E-state index contributed by atoms with van der Waals surface area (Å²) in [6.07, 6.45) is 6.71. The van der Waals surface area contributed by atoms with Crippen LogP contribution < -0.4 is 0 Å². The Morgan fingerprint density at radius 2 is 2.10 bits per heavy atom. The van der Waals surface area contributed by atoms with Crippen molar-refractivity contribution in [2.24, 2.45) is 0 Å². The number of hydrogen-bond acceptors (Lipinski definition) is 2. The third-order valence-corrected chi connectivity index (χ3v) is 3.32. The molecular formula is C16H13NNaO2. The van der Waals surface area contributed by atoms with Gasteiger partial charge < -0.3 is 5.11 Å². The molecule has 0 bridgehead atoms. The van der Waals surface area contributed by atoms with Gasteiger partial charge in [0, 0.05) is 53.9 Å². The molecular weight excluding hydrogens is 261 g/mol. The molecule has 1 aliphatic rings. The largest absolute Gasteiger partial charge is 0.478 e. The fourth-order valence-corrected chi connectivity index (χ4v) is 2.38. The summed E-state index contributed by atoms with van der Waals surface area (Å²) in [4.78, 5) is 15.1. The van der Waals surface area contributed by atoms with Crippen LogP contribution in [0.2, 0.25) is 0 Å². The molecule has 1 N–H and O–H groups in total. The number of benzene rings is 1. The van der Waals surface area contributed by atoms with E-state index < -0.39 is 5.97 Å². The fraction of sp³-hybridized carbons (Fsp3) is 0.125. The van der Waals surface area contributed by atoms with E-state index in [9.17, 15) is 4.79 Å². The summed E-state index contributed by atoms with van der Waals surface area (Å²) in [5.41, 5.74) is 4.93. The van der Waals surface area contributed by atoms with Crippen LogP contribution in [0.1, 0.15) is 22.3 Å². The number of nitrogens with zero attached hydrogens (tertiary/aromatic N) is 1. The first-order valence-corrected chi connectivity index (χ1v) is 6.17. The zero-order chi connectivity index (χ0) is 13.2. The maximum absolute atomic E-state index is 11.0.